The molecule has 3 heterocycles. The zero-order chi connectivity index (χ0) is 14.7. The second-order valence-corrected chi connectivity index (χ2v) is 4.92. The maximum atomic E-state index is 6.11. The second kappa shape index (κ2) is 6.15. The van der Waals surface area contributed by atoms with E-state index in [-0.39, 0.29) is 0 Å². The van der Waals surface area contributed by atoms with Gasteiger partial charge in [-0.2, -0.15) is 5.10 Å². The van der Waals surface area contributed by atoms with Gasteiger partial charge in [0.05, 0.1) is 18.2 Å². The lowest BCUT2D eigenvalue weighted by molar-refractivity contribution is 0.118. The summed E-state index contributed by atoms with van der Waals surface area (Å²) in [5.74, 6) is 0.553. The molecule has 0 amide bonds. The highest BCUT2D eigenvalue weighted by molar-refractivity contribution is 6.33. The minimum absolute atomic E-state index is 0.313. The molecule has 0 aliphatic rings. The summed E-state index contributed by atoms with van der Waals surface area (Å²) in [5.41, 5.74) is 1.71. The van der Waals surface area contributed by atoms with E-state index in [1.165, 1.54) is 0 Å². The number of ether oxygens (including phenoxy) is 1. The van der Waals surface area contributed by atoms with Crippen LogP contribution in [0.15, 0.2) is 30.6 Å². The standard InChI is InChI=1S/C14H14ClN5O/c1-20-14-11(8-17-20)13(15)18-12(19-14)9-21-7-5-10-4-2-3-6-16-10/h2-4,6,8H,5,7,9H2,1H3. The Morgan fingerprint density at radius 3 is 3.00 bits per heavy atom. The topological polar surface area (TPSA) is 65.7 Å². The quantitative estimate of drug-likeness (QED) is 0.534. The van der Waals surface area contributed by atoms with Crippen molar-refractivity contribution in [3.63, 3.8) is 0 Å². The molecule has 7 heteroatoms. The molecule has 0 N–H and O–H groups in total. The van der Waals surface area contributed by atoms with Gasteiger partial charge in [-0.15, -0.1) is 0 Å². The summed E-state index contributed by atoms with van der Waals surface area (Å²) in [6, 6.07) is 5.82. The van der Waals surface area contributed by atoms with Gasteiger partial charge < -0.3 is 4.74 Å². The third-order valence-corrected chi connectivity index (χ3v) is 3.34. The minimum Gasteiger partial charge on any atom is -0.373 e. The smallest absolute Gasteiger partial charge is 0.162 e. The average molecular weight is 304 g/mol. The maximum absolute atomic E-state index is 6.11. The molecule has 0 unspecified atom stereocenters. The summed E-state index contributed by atoms with van der Waals surface area (Å²) in [6.45, 7) is 0.870. The maximum Gasteiger partial charge on any atom is 0.162 e. The molecule has 3 rings (SSSR count). The Morgan fingerprint density at radius 2 is 2.19 bits per heavy atom. The Bertz CT molecular complexity index is 744. The van der Waals surface area contributed by atoms with Gasteiger partial charge in [-0.1, -0.05) is 17.7 Å². The first-order valence-corrected chi connectivity index (χ1v) is 6.93. The van der Waals surface area contributed by atoms with Gasteiger partial charge in [0.2, 0.25) is 0 Å². The number of nitrogens with zero attached hydrogens (tertiary/aromatic N) is 5. The van der Waals surface area contributed by atoms with Gasteiger partial charge in [-0.25, -0.2) is 9.97 Å². The molecule has 108 valence electrons. The van der Waals surface area contributed by atoms with Crippen LogP contribution >= 0.6 is 11.6 Å². The summed E-state index contributed by atoms with van der Waals surface area (Å²) < 4.78 is 7.26. The van der Waals surface area contributed by atoms with Gasteiger partial charge in [0.25, 0.3) is 0 Å². The lowest BCUT2D eigenvalue weighted by Crippen LogP contribution is -2.05. The zero-order valence-electron chi connectivity index (χ0n) is 11.5. The molecule has 0 aromatic carbocycles. The zero-order valence-corrected chi connectivity index (χ0v) is 12.3. The van der Waals surface area contributed by atoms with Gasteiger partial charge in [0.1, 0.15) is 11.8 Å². The summed E-state index contributed by atoms with van der Waals surface area (Å²) >= 11 is 6.11. The van der Waals surface area contributed by atoms with Gasteiger partial charge >= 0.3 is 0 Å². The van der Waals surface area contributed by atoms with Gasteiger partial charge in [-0.3, -0.25) is 9.67 Å². The van der Waals surface area contributed by atoms with E-state index < -0.39 is 0 Å². The molecule has 0 spiro atoms. The van der Waals surface area contributed by atoms with Crippen molar-refractivity contribution < 1.29 is 4.74 Å². The van der Waals surface area contributed by atoms with Crippen molar-refractivity contribution in [3.8, 4) is 0 Å². The van der Waals surface area contributed by atoms with Crippen LogP contribution in [0, 0.1) is 0 Å². The van der Waals surface area contributed by atoms with E-state index in [0.29, 0.717) is 29.8 Å². The third kappa shape index (κ3) is 3.17. The predicted molar refractivity (Wildman–Crippen MR) is 78.9 cm³/mol. The lowest BCUT2D eigenvalue weighted by atomic mass is 10.3. The highest BCUT2D eigenvalue weighted by Crippen LogP contribution is 2.19. The number of halogens is 1. The summed E-state index contributed by atoms with van der Waals surface area (Å²) in [5, 5.41) is 5.26. The number of fused-ring (bicyclic) bond motifs is 1. The second-order valence-electron chi connectivity index (χ2n) is 4.56. The molecule has 0 saturated heterocycles. The fraction of sp³-hybridized carbons (Fsp3) is 0.286. The van der Waals surface area contributed by atoms with Crippen LogP contribution in [0.4, 0.5) is 0 Å². The van der Waals surface area contributed by atoms with Crippen LogP contribution in [0.2, 0.25) is 5.15 Å². The highest BCUT2D eigenvalue weighted by atomic mass is 35.5. The Morgan fingerprint density at radius 1 is 1.29 bits per heavy atom. The van der Waals surface area contributed by atoms with Crippen molar-refractivity contribution >= 4 is 22.6 Å². The summed E-state index contributed by atoms with van der Waals surface area (Å²) in [7, 11) is 1.82. The molecular formula is C14H14ClN5O. The fourth-order valence-electron chi connectivity index (χ4n) is 1.98. The molecule has 21 heavy (non-hydrogen) atoms. The van der Waals surface area contributed by atoms with Crippen LogP contribution in [0.3, 0.4) is 0 Å². The number of hydrogen-bond donors (Lipinski definition) is 0. The van der Waals surface area contributed by atoms with E-state index in [4.69, 9.17) is 16.3 Å². The van der Waals surface area contributed by atoms with E-state index in [1.54, 1.807) is 17.1 Å². The third-order valence-electron chi connectivity index (χ3n) is 3.05. The molecule has 0 atom stereocenters. The molecule has 0 aliphatic carbocycles. The van der Waals surface area contributed by atoms with E-state index in [2.05, 4.69) is 20.1 Å². The first-order chi connectivity index (χ1) is 10.2. The number of aromatic nitrogens is 5. The van der Waals surface area contributed by atoms with Gasteiger partial charge in [-0.05, 0) is 12.1 Å². The number of aryl methyl sites for hydroxylation is 1. The molecule has 0 radical (unpaired) electrons. The normalized spacial score (nSPS) is 11.1. The van der Waals surface area contributed by atoms with Crippen molar-refractivity contribution in [1.82, 2.24) is 24.7 Å². The fourth-order valence-corrected chi connectivity index (χ4v) is 2.21. The van der Waals surface area contributed by atoms with Gasteiger partial charge in [0, 0.05) is 25.4 Å². The summed E-state index contributed by atoms with van der Waals surface area (Å²) in [4.78, 5) is 12.9. The van der Waals surface area contributed by atoms with Crippen LogP contribution in [0.1, 0.15) is 11.5 Å². The number of hydrogen-bond acceptors (Lipinski definition) is 5. The van der Waals surface area contributed by atoms with E-state index in [0.717, 1.165) is 17.5 Å². The molecule has 6 nitrogen and oxygen atoms in total. The number of pyridine rings is 1. The van der Waals surface area contributed by atoms with Crippen LogP contribution < -0.4 is 0 Å². The van der Waals surface area contributed by atoms with Crippen molar-refractivity contribution in [2.45, 2.75) is 13.0 Å². The van der Waals surface area contributed by atoms with E-state index in [9.17, 15) is 0 Å². The Balaban J connectivity index is 1.62. The molecule has 0 aliphatic heterocycles. The average Bonchev–Trinajstić information content (AvgIpc) is 2.87. The van der Waals surface area contributed by atoms with Crippen LogP contribution in [0.25, 0.3) is 11.0 Å². The first-order valence-electron chi connectivity index (χ1n) is 6.56. The summed E-state index contributed by atoms with van der Waals surface area (Å²) in [6.07, 6.45) is 4.18. The Hall–Kier alpha value is -2.05. The molecule has 3 aromatic rings. The van der Waals surface area contributed by atoms with Crippen LogP contribution in [-0.2, 0) is 24.8 Å². The van der Waals surface area contributed by atoms with Gasteiger partial charge in [0.15, 0.2) is 11.5 Å². The molecule has 0 bridgehead atoms. The van der Waals surface area contributed by atoms with Crippen molar-refractivity contribution in [2.24, 2.45) is 7.05 Å². The van der Waals surface area contributed by atoms with Crippen molar-refractivity contribution in [3.05, 3.63) is 47.3 Å². The van der Waals surface area contributed by atoms with Crippen LogP contribution in [-0.4, -0.2) is 31.3 Å². The monoisotopic (exact) mass is 303 g/mol. The Kier molecular flexibility index (Phi) is 4.08. The molecule has 3 aromatic heterocycles. The largest absolute Gasteiger partial charge is 0.373 e. The SMILES string of the molecule is Cn1ncc2c(Cl)nc(COCCc3ccccn3)nc21. The molecular weight excluding hydrogens is 290 g/mol. The first kappa shape index (κ1) is 13.9. The predicted octanol–water partition coefficient (Wildman–Crippen LogP) is 2.17. The van der Waals surface area contributed by atoms with Crippen molar-refractivity contribution in [2.75, 3.05) is 6.61 Å². The van der Waals surface area contributed by atoms with Crippen LogP contribution in [0.5, 0.6) is 0 Å². The van der Waals surface area contributed by atoms with E-state index in [1.807, 2.05) is 25.2 Å². The lowest BCUT2D eigenvalue weighted by Gasteiger charge is -2.04. The molecule has 0 fully saturated rings. The minimum atomic E-state index is 0.313. The Labute approximate surface area is 126 Å². The number of rotatable bonds is 5. The van der Waals surface area contributed by atoms with E-state index >= 15 is 0 Å². The molecule has 0 saturated carbocycles. The highest BCUT2D eigenvalue weighted by Gasteiger charge is 2.09. The van der Waals surface area contributed by atoms with Crippen molar-refractivity contribution in [1.29, 1.82) is 0 Å².